The molecule has 0 amide bonds. The van der Waals surface area contributed by atoms with Gasteiger partial charge in [0.25, 0.3) is 0 Å². The molecular weight excluding hydrogens is 106 g/mol. The summed E-state index contributed by atoms with van der Waals surface area (Å²) in [5, 5.41) is 8.26. The van der Waals surface area contributed by atoms with E-state index >= 15 is 0 Å². The molecule has 3 nitrogen and oxygen atoms in total. The third-order valence-corrected chi connectivity index (χ3v) is 0.651. The lowest BCUT2D eigenvalue weighted by molar-refractivity contribution is 0.0356. The van der Waals surface area contributed by atoms with Crippen LogP contribution in [0.5, 0.6) is 0 Å². The summed E-state index contributed by atoms with van der Waals surface area (Å²) < 4.78 is 0. The molecule has 0 unspecified atom stereocenters. The Labute approximate surface area is 49.6 Å². The van der Waals surface area contributed by atoms with E-state index in [-0.39, 0.29) is 6.61 Å². The molecule has 0 heterocycles. The number of hydrogen-bond acceptors (Lipinski definition) is 3. The second-order valence-corrected chi connectivity index (χ2v) is 1.42. The van der Waals surface area contributed by atoms with Crippen LogP contribution in [0.3, 0.4) is 0 Å². The minimum Gasteiger partial charge on any atom is -0.396 e. The molecule has 3 heteroatoms. The molecule has 0 radical (unpaired) electrons. The van der Waals surface area contributed by atoms with Gasteiger partial charge in [0.15, 0.2) is 0 Å². The second kappa shape index (κ2) is 6.88. The lowest BCUT2D eigenvalue weighted by Gasteiger charge is -1.99. The van der Waals surface area contributed by atoms with Gasteiger partial charge >= 0.3 is 0 Å². The number of aliphatic hydroxyl groups is 1. The average molecular weight is 119 g/mol. The standard InChI is InChI=1S/C5H13NO2/c1-2-6-8-5-3-4-7/h6-7H,2-5H2,1H3. The summed E-state index contributed by atoms with van der Waals surface area (Å²) in [6.07, 6.45) is 0.701. The Bertz CT molecular complexity index is 35.4. The summed E-state index contributed by atoms with van der Waals surface area (Å²) in [4.78, 5) is 4.81. The third kappa shape index (κ3) is 5.88. The minimum absolute atomic E-state index is 0.200. The molecule has 0 saturated carbocycles. The Morgan fingerprint density at radius 2 is 2.38 bits per heavy atom. The molecule has 0 bridgehead atoms. The Hall–Kier alpha value is -0.120. The lowest BCUT2D eigenvalue weighted by Crippen LogP contribution is -2.14. The molecule has 0 rings (SSSR count). The lowest BCUT2D eigenvalue weighted by atomic mass is 10.5. The fraction of sp³-hybridized carbons (Fsp3) is 1.00. The molecule has 0 aliphatic heterocycles. The molecule has 0 aromatic heterocycles. The molecule has 0 fully saturated rings. The molecule has 0 atom stereocenters. The monoisotopic (exact) mass is 119 g/mol. The number of rotatable bonds is 5. The zero-order valence-corrected chi connectivity index (χ0v) is 5.18. The van der Waals surface area contributed by atoms with Crippen LogP contribution in [0.15, 0.2) is 0 Å². The molecular formula is C5H13NO2. The van der Waals surface area contributed by atoms with Gasteiger partial charge in [-0.15, -0.1) is 0 Å². The first-order valence-electron chi connectivity index (χ1n) is 2.87. The van der Waals surface area contributed by atoms with Gasteiger partial charge in [-0.05, 0) is 6.42 Å². The van der Waals surface area contributed by atoms with Crippen LogP contribution in [0, 0.1) is 0 Å². The van der Waals surface area contributed by atoms with E-state index in [2.05, 4.69) is 5.48 Å². The summed E-state index contributed by atoms with van der Waals surface area (Å²) in [6.45, 7) is 3.56. The zero-order valence-electron chi connectivity index (χ0n) is 5.18. The number of nitrogens with one attached hydrogen (secondary N) is 1. The number of hydroxylamine groups is 1. The van der Waals surface area contributed by atoms with Crippen molar-refractivity contribution in [1.29, 1.82) is 0 Å². The van der Waals surface area contributed by atoms with E-state index in [1.807, 2.05) is 6.92 Å². The van der Waals surface area contributed by atoms with Gasteiger partial charge in [0, 0.05) is 13.2 Å². The molecule has 0 aromatic carbocycles. The highest BCUT2D eigenvalue weighted by atomic mass is 16.6. The molecule has 0 saturated heterocycles. The first-order valence-corrected chi connectivity index (χ1v) is 2.87. The highest BCUT2D eigenvalue weighted by molar-refractivity contribution is 4.27. The van der Waals surface area contributed by atoms with Crippen molar-refractivity contribution in [2.45, 2.75) is 13.3 Å². The largest absolute Gasteiger partial charge is 0.396 e. The normalized spacial score (nSPS) is 9.75. The van der Waals surface area contributed by atoms with Gasteiger partial charge in [0.2, 0.25) is 0 Å². The van der Waals surface area contributed by atoms with E-state index in [0.29, 0.717) is 13.0 Å². The molecule has 0 spiro atoms. The van der Waals surface area contributed by atoms with Crippen LogP contribution in [0.25, 0.3) is 0 Å². The smallest absolute Gasteiger partial charge is 0.0704 e. The topological polar surface area (TPSA) is 41.5 Å². The summed E-state index contributed by atoms with van der Waals surface area (Å²) in [5.74, 6) is 0. The van der Waals surface area contributed by atoms with Crippen molar-refractivity contribution in [3.8, 4) is 0 Å². The molecule has 0 aliphatic rings. The summed E-state index contributed by atoms with van der Waals surface area (Å²) in [6, 6.07) is 0. The van der Waals surface area contributed by atoms with E-state index in [4.69, 9.17) is 9.94 Å². The minimum atomic E-state index is 0.200. The van der Waals surface area contributed by atoms with Gasteiger partial charge in [-0.1, -0.05) is 6.92 Å². The highest BCUT2D eigenvalue weighted by Gasteiger charge is 1.81. The van der Waals surface area contributed by atoms with Crippen LogP contribution < -0.4 is 5.48 Å². The molecule has 0 aliphatic carbocycles. The van der Waals surface area contributed by atoms with Crippen molar-refractivity contribution in [1.82, 2.24) is 5.48 Å². The Morgan fingerprint density at radius 1 is 1.62 bits per heavy atom. The van der Waals surface area contributed by atoms with Crippen molar-refractivity contribution in [2.24, 2.45) is 0 Å². The van der Waals surface area contributed by atoms with E-state index in [0.717, 1.165) is 6.54 Å². The summed E-state index contributed by atoms with van der Waals surface area (Å²) >= 11 is 0. The van der Waals surface area contributed by atoms with Gasteiger partial charge in [-0.3, -0.25) is 0 Å². The van der Waals surface area contributed by atoms with Gasteiger partial charge in [-0.25, -0.2) is 5.48 Å². The van der Waals surface area contributed by atoms with E-state index < -0.39 is 0 Å². The predicted molar refractivity (Wildman–Crippen MR) is 31.3 cm³/mol. The average Bonchev–Trinajstić information content (AvgIpc) is 1.81. The number of hydrogen-bond donors (Lipinski definition) is 2. The SMILES string of the molecule is CCNOCCCO. The molecule has 2 N–H and O–H groups in total. The van der Waals surface area contributed by atoms with Crippen molar-refractivity contribution in [3.63, 3.8) is 0 Å². The fourth-order valence-electron chi connectivity index (χ4n) is 0.311. The summed E-state index contributed by atoms with van der Waals surface area (Å²) in [5.41, 5.74) is 2.67. The van der Waals surface area contributed by atoms with Crippen LogP contribution in [0.1, 0.15) is 13.3 Å². The maximum atomic E-state index is 8.26. The maximum Gasteiger partial charge on any atom is 0.0704 e. The van der Waals surface area contributed by atoms with E-state index in [1.165, 1.54) is 0 Å². The zero-order chi connectivity index (χ0) is 6.24. The van der Waals surface area contributed by atoms with Crippen molar-refractivity contribution in [2.75, 3.05) is 19.8 Å². The Kier molecular flexibility index (Phi) is 6.78. The van der Waals surface area contributed by atoms with Gasteiger partial charge < -0.3 is 9.94 Å². The first-order chi connectivity index (χ1) is 3.91. The Balaban J connectivity index is 2.53. The predicted octanol–water partition coefficient (Wildman–Crippen LogP) is -0.0901. The maximum absolute atomic E-state index is 8.26. The van der Waals surface area contributed by atoms with Crippen LogP contribution in [0.4, 0.5) is 0 Å². The van der Waals surface area contributed by atoms with Crippen LogP contribution >= 0.6 is 0 Å². The van der Waals surface area contributed by atoms with Crippen molar-refractivity contribution < 1.29 is 9.94 Å². The molecule has 50 valence electrons. The molecule has 8 heavy (non-hydrogen) atoms. The quantitative estimate of drug-likeness (QED) is 0.392. The molecule has 0 aromatic rings. The second-order valence-electron chi connectivity index (χ2n) is 1.42. The van der Waals surface area contributed by atoms with Crippen LogP contribution in [0.2, 0.25) is 0 Å². The van der Waals surface area contributed by atoms with Gasteiger partial charge in [0.1, 0.15) is 0 Å². The highest BCUT2D eigenvalue weighted by Crippen LogP contribution is 1.74. The van der Waals surface area contributed by atoms with Gasteiger partial charge in [-0.2, -0.15) is 0 Å². The van der Waals surface area contributed by atoms with Crippen LogP contribution in [-0.2, 0) is 4.84 Å². The van der Waals surface area contributed by atoms with E-state index in [9.17, 15) is 0 Å². The summed E-state index contributed by atoms with van der Waals surface area (Å²) in [7, 11) is 0. The van der Waals surface area contributed by atoms with Crippen molar-refractivity contribution >= 4 is 0 Å². The van der Waals surface area contributed by atoms with Crippen molar-refractivity contribution in [3.05, 3.63) is 0 Å². The Morgan fingerprint density at radius 3 is 2.88 bits per heavy atom. The third-order valence-electron chi connectivity index (χ3n) is 0.651. The fourth-order valence-corrected chi connectivity index (χ4v) is 0.311. The van der Waals surface area contributed by atoms with E-state index in [1.54, 1.807) is 0 Å². The number of aliphatic hydroxyl groups excluding tert-OH is 1. The van der Waals surface area contributed by atoms with Gasteiger partial charge in [0.05, 0.1) is 6.61 Å². The van der Waals surface area contributed by atoms with Crippen LogP contribution in [-0.4, -0.2) is 24.9 Å². The first kappa shape index (κ1) is 7.88.